The van der Waals surface area contributed by atoms with E-state index in [0.29, 0.717) is 17.9 Å². The molecular formula is C20H25NO3. The molecule has 0 aromatic heterocycles. The number of carbonyl (C=O) groups excluding carboxylic acids is 1. The summed E-state index contributed by atoms with van der Waals surface area (Å²) in [7, 11) is 1.59. The molecule has 2 aromatic rings. The van der Waals surface area contributed by atoms with Gasteiger partial charge in [-0.15, -0.1) is 0 Å². The van der Waals surface area contributed by atoms with Gasteiger partial charge in [0, 0.05) is 12.1 Å². The van der Waals surface area contributed by atoms with E-state index in [0.717, 1.165) is 31.6 Å². The first-order valence-corrected chi connectivity index (χ1v) is 8.37. The second-order valence-electron chi connectivity index (χ2n) is 5.55. The summed E-state index contributed by atoms with van der Waals surface area (Å²) in [5.41, 5.74) is 1.79. The minimum absolute atomic E-state index is 0.0792. The number of hydrogen-bond donors (Lipinski definition) is 1. The van der Waals surface area contributed by atoms with Crippen LogP contribution in [0.4, 0.5) is 0 Å². The van der Waals surface area contributed by atoms with E-state index in [1.807, 2.05) is 30.3 Å². The Hall–Kier alpha value is -2.49. The number of carbonyl (C=O) groups is 1. The molecule has 0 aliphatic rings. The van der Waals surface area contributed by atoms with Crippen LogP contribution in [-0.2, 0) is 6.42 Å². The van der Waals surface area contributed by atoms with Crippen LogP contribution >= 0.6 is 0 Å². The van der Waals surface area contributed by atoms with Gasteiger partial charge in [-0.2, -0.15) is 0 Å². The molecule has 0 spiro atoms. The standard InChI is InChI=1S/C20H25NO3/c1-3-14-24-19-12-5-4-8-16(19)10-7-13-21-20(22)17-9-6-11-18(15-17)23-2/h4-6,8-9,11-12,15H,3,7,10,13-14H2,1-2H3,(H,21,22). The van der Waals surface area contributed by atoms with E-state index in [1.165, 1.54) is 5.56 Å². The Morgan fingerprint density at radius 1 is 1.12 bits per heavy atom. The number of benzene rings is 2. The maximum absolute atomic E-state index is 12.1. The van der Waals surface area contributed by atoms with Crippen LogP contribution in [0, 0.1) is 0 Å². The van der Waals surface area contributed by atoms with Gasteiger partial charge in [0.1, 0.15) is 11.5 Å². The van der Waals surface area contributed by atoms with E-state index in [-0.39, 0.29) is 5.91 Å². The minimum atomic E-state index is -0.0792. The van der Waals surface area contributed by atoms with E-state index in [1.54, 1.807) is 19.2 Å². The monoisotopic (exact) mass is 327 g/mol. The van der Waals surface area contributed by atoms with Gasteiger partial charge in [-0.1, -0.05) is 31.2 Å². The van der Waals surface area contributed by atoms with Gasteiger partial charge in [0.15, 0.2) is 0 Å². The number of hydrogen-bond acceptors (Lipinski definition) is 3. The van der Waals surface area contributed by atoms with E-state index in [4.69, 9.17) is 9.47 Å². The Kier molecular flexibility index (Phi) is 7.15. The summed E-state index contributed by atoms with van der Waals surface area (Å²) < 4.78 is 10.9. The Labute approximate surface area is 143 Å². The summed E-state index contributed by atoms with van der Waals surface area (Å²) in [5, 5.41) is 2.95. The van der Waals surface area contributed by atoms with Crippen molar-refractivity contribution < 1.29 is 14.3 Å². The van der Waals surface area contributed by atoms with E-state index in [2.05, 4.69) is 18.3 Å². The Morgan fingerprint density at radius 3 is 2.75 bits per heavy atom. The minimum Gasteiger partial charge on any atom is -0.497 e. The number of amides is 1. The Balaban J connectivity index is 1.81. The van der Waals surface area contributed by atoms with Gasteiger partial charge in [0.05, 0.1) is 13.7 Å². The molecule has 0 radical (unpaired) electrons. The van der Waals surface area contributed by atoms with E-state index < -0.39 is 0 Å². The molecule has 2 rings (SSSR count). The molecule has 0 heterocycles. The summed E-state index contributed by atoms with van der Waals surface area (Å²) in [4.78, 5) is 12.1. The molecule has 0 bridgehead atoms. The second kappa shape index (κ2) is 9.60. The van der Waals surface area contributed by atoms with Crippen molar-refractivity contribution in [2.24, 2.45) is 0 Å². The third-order valence-corrected chi connectivity index (χ3v) is 3.67. The Bertz CT molecular complexity index is 655. The largest absolute Gasteiger partial charge is 0.497 e. The van der Waals surface area contributed by atoms with Gasteiger partial charge in [0.2, 0.25) is 0 Å². The van der Waals surface area contributed by atoms with Crippen LogP contribution in [0.1, 0.15) is 35.7 Å². The number of para-hydroxylation sites is 1. The molecule has 0 aliphatic heterocycles. The van der Waals surface area contributed by atoms with Crippen LogP contribution in [0.25, 0.3) is 0 Å². The third kappa shape index (κ3) is 5.30. The number of ether oxygens (including phenoxy) is 2. The number of rotatable bonds is 9. The van der Waals surface area contributed by atoms with Crippen LogP contribution in [0.3, 0.4) is 0 Å². The van der Waals surface area contributed by atoms with Crippen molar-refractivity contribution in [2.45, 2.75) is 26.2 Å². The molecule has 0 saturated heterocycles. The van der Waals surface area contributed by atoms with Gasteiger partial charge in [0.25, 0.3) is 5.91 Å². The van der Waals surface area contributed by atoms with E-state index in [9.17, 15) is 4.79 Å². The lowest BCUT2D eigenvalue weighted by Gasteiger charge is -2.11. The van der Waals surface area contributed by atoms with Crippen LogP contribution in [0.2, 0.25) is 0 Å². The van der Waals surface area contributed by atoms with Gasteiger partial charge < -0.3 is 14.8 Å². The number of nitrogens with one attached hydrogen (secondary N) is 1. The molecule has 0 aliphatic carbocycles. The highest BCUT2D eigenvalue weighted by molar-refractivity contribution is 5.94. The molecule has 4 nitrogen and oxygen atoms in total. The van der Waals surface area contributed by atoms with Crippen LogP contribution in [-0.4, -0.2) is 26.2 Å². The van der Waals surface area contributed by atoms with Crippen molar-refractivity contribution in [2.75, 3.05) is 20.3 Å². The summed E-state index contributed by atoms with van der Waals surface area (Å²) in [6, 6.07) is 15.2. The highest BCUT2D eigenvalue weighted by Gasteiger charge is 2.07. The van der Waals surface area contributed by atoms with Crippen molar-refractivity contribution in [1.82, 2.24) is 5.32 Å². The zero-order valence-electron chi connectivity index (χ0n) is 14.4. The fourth-order valence-electron chi connectivity index (χ4n) is 2.41. The van der Waals surface area contributed by atoms with Crippen LogP contribution in [0.5, 0.6) is 11.5 Å². The maximum Gasteiger partial charge on any atom is 0.251 e. The number of methoxy groups -OCH3 is 1. The van der Waals surface area contributed by atoms with Crippen molar-refractivity contribution in [1.29, 1.82) is 0 Å². The normalized spacial score (nSPS) is 10.2. The van der Waals surface area contributed by atoms with Crippen molar-refractivity contribution in [3.05, 3.63) is 59.7 Å². The van der Waals surface area contributed by atoms with Crippen LogP contribution in [0.15, 0.2) is 48.5 Å². The zero-order chi connectivity index (χ0) is 17.2. The fourth-order valence-corrected chi connectivity index (χ4v) is 2.41. The molecule has 1 amide bonds. The molecule has 0 fully saturated rings. The molecule has 1 N–H and O–H groups in total. The SMILES string of the molecule is CCCOc1ccccc1CCCNC(=O)c1cccc(OC)c1. The third-order valence-electron chi connectivity index (χ3n) is 3.67. The Morgan fingerprint density at radius 2 is 1.96 bits per heavy atom. The van der Waals surface area contributed by atoms with Gasteiger partial charge in [-0.05, 0) is 49.1 Å². The molecular weight excluding hydrogens is 302 g/mol. The number of aryl methyl sites for hydroxylation is 1. The van der Waals surface area contributed by atoms with Gasteiger partial charge >= 0.3 is 0 Å². The fraction of sp³-hybridized carbons (Fsp3) is 0.350. The van der Waals surface area contributed by atoms with E-state index >= 15 is 0 Å². The first-order chi connectivity index (χ1) is 11.7. The molecule has 128 valence electrons. The topological polar surface area (TPSA) is 47.6 Å². The summed E-state index contributed by atoms with van der Waals surface area (Å²) >= 11 is 0. The summed E-state index contributed by atoms with van der Waals surface area (Å²) in [6.45, 7) is 3.44. The summed E-state index contributed by atoms with van der Waals surface area (Å²) in [5.74, 6) is 1.55. The lowest BCUT2D eigenvalue weighted by molar-refractivity contribution is 0.0953. The molecule has 2 aromatic carbocycles. The molecule has 0 saturated carbocycles. The average Bonchev–Trinajstić information content (AvgIpc) is 2.64. The molecule has 0 atom stereocenters. The summed E-state index contributed by atoms with van der Waals surface area (Å²) in [6.07, 6.45) is 2.73. The lowest BCUT2D eigenvalue weighted by atomic mass is 10.1. The van der Waals surface area contributed by atoms with Gasteiger partial charge in [-0.3, -0.25) is 4.79 Å². The highest BCUT2D eigenvalue weighted by atomic mass is 16.5. The predicted octanol–water partition coefficient (Wildman–Crippen LogP) is 3.85. The lowest BCUT2D eigenvalue weighted by Crippen LogP contribution is -2.24. The average molecular weight is 327 g/mol. The molecule has 4 heteroatoms. The van der Waals surface area contributed by atoms with Crippen molar-refractivity contribution in [3.63, 3.8) is 0 Å². The smallest absolute Gasteiger partial charge is 0.251 e. The first-order valence-electron chi connectivity index (χ1n) is 8.37. The van der Waals surface area contributed by atoms with Gasteiger partial charge in [-0.25, -0.2) is 0 Å². The predicted molar refractivity (Wildman–Crippen MR) is 95.9 cm³/mol. The van der Waals surface area contributed by atoms with Crippen molar-refractivity contribution >= 4 is 5.91 Å². The molecule has 24 heavy (non-hydrogen) atoms. The van der Waals surface area contributed by atoms with Crippen molar-refractivity contribution in [3.8, 4) is 11.5 Å². The molecule has 0 unspecified atom stereocenters. The second-order valence-corrected chi connectivity index (χ2v) is 5.55. The van der Waals surface area contributed by atoms with Crippen LogP contribution < -0.4 is 14.8 Å². The highest BCUT2D eigenvalue weighted by Crippen LogP contribution is 2.19. The first kappa shape index (κ1) is 17.9. The maximum atomic E-state index is 12.1. The quantitative estimate of drug-likeness (QED) is 0.712. The zero-order valence-corrected chi connectivity index (χ0v) is 14.4.